The molecule has 295 valence electrons. The predicted molar refractivity (Wildman–Crippen MR) is 236 cm³/mol. The van der Waals surface area contributed by atoms with Gasteiger partial charge in [-0.25, -0.2) is 4.98 Å². The van der Waals surface area contributed by atoms with Crippen molar-refractivity contribution in [2.45, 2.75) is 91.2 Å². The number of pyridine rings is 3. The molecule has 4 heterocycles. The van der Waals surface area contributed by atoms with Gasteiger partial charge in [-0.15, -0.1) is 54.1 Å². The Morgan fingerprint density at radius 1 is 0.707 bits per heavy atom. The van der Waals surface area contributed by atoms with Crippen molar-refractivity contribution >= 4 is 22.1 Å². The normalized spacial score (nSPS) is 16.7. The van der Waals surface area contributed by atoms with Gasteiger partial charge in [-0.05, 0) is 101 Å². The number of benzene rings is 4. The molecule has 0 atom stereocenters. The van der Waals surface area contributed by atoms with Gasteiger partial charge < -0.3 is 14.4 Å². The van der Waals surface area contributed by atoms with E-state index in [-0.39, 0.29) is 31.2 Å². The number of fused-ring (bicyclic) bond motifs is 3. The summed E-state index contributed by atoms with van der Waals surface area (Å²) in [5.74, 6) is -2.97. The molecule has 58 heavy (non-hydrogen) atoms. The Balaban J connectivity index is 0.000000331. The number of hydrogen-bond acceptors (Lipinski definition) is 4. The molecule has 5 heteroatoms. The van der Waals surface area contributed by atoms with Crippen LogP contribution in [0.25, 0.3) is 67.0 Å². The molecular weight excluding hydrogens is 887 g/mol. The molecule has 0 amide bonds. The predicted octanol–water partition coefficient (Wildman–Crippen LogP) is 14.6. The fourth-order valence-corrected chi connectivity index (χ4v) is 7.68. The van der Waals surface area contributed by atoms with E-state index in [9.17, 15) is 2.74 Å². The third-order valence-corrected chi connectivity index (χ3v) is 10.6. The van der Waals surface area contributed by atoms with Crippen molar-refractivity contribution in [1.29, 1.82) is 0 Å². The van der Waals surface area contributed by atoms with E-state index in [2.05, 4.69) is 17.1 Å². The third kappa shape index (κ3) is 8.63. The van der Waals surface area contributed by atoms with Crippen LogP contribution in [-0.4, -0.2) is 15.0 Å². The Kier molecular flexibility index (Phi) is 9.64. The fourth-order valence-electron chi connectivity index (χ4n) is 7.68. The van der Waals surface area contributed by atoms with Crippen molar-refractivity contribution in [3.63, 3.8) is 0 Å². The molecule has 4 aromatic heterocycles. The summed E-state index contributed by atoms with van der Waals surface area (Å²) in [6.07, 6.45) is 7.04. The SMILES string of the molecule is [2H]C([2H])([2H])c1cc(-c2[c-]ccc3c2oc2nc(-c4c(C([2H])(C)C)cc(-c5ccccc5)cc4C([2H])(C)C)ccc23)ncc1C1([2H])CCCCC1.[2H]C([2H])([2H])c1ccc(-c2[c-]cccc2)nc1.[Ir]. The quantitative estimate of drug-likeness (QED) is 0.149. The third-order valence-electron chi connectivity index (χ3n) is 10.6. The smallest absolute Gasteiger partial charge is 0.216 e. The van der Waals surface area contributed by atoms with Crippen molar-refractivity contribution in [3.05, 3.63) is 162 Å². The van der Waals surface area contributed by atoms with Crippen LogP contribution in [-0.2, 0) is 20.1 Å². The van der Waals surface area contributed by atoms with Crippen molar-refractivity contribution in [2.24, 2.45) is 0 Å². The van der Waals surface area contributed by atoms with Gasteiger partial charge in [0, 0.05) is 55.8 Å². The van der Waals surface area contributed by atoms with Gasteiger partial charge >= 0.3 is 0 Å². The van der Waals surface area contributed by atoms with Gasteiger partial charge in [0.1, 0.15) is 0 Å². The molecule has 0 N–H and O–H groups in total. The van der Waals surface area contributed by atoms with Crippen LogP contribution in [0.15, 0.2) is 126 Å². The first-order valence-corrected chi connectivity index (χ1v) is 19.6. The van der Waals surface area contributed by atoms with Crippen LogP contribution < -0.4 is 0 Å². The van der Waals surface area contributed by atoms with Gasteiger partial charge in [0.25, 0.3) is 0 Å². The molecule has 0 unspecified atom stereocenters. The van der Waals surface area contributed by atoms with Crippen LogP contribution >= 0.6 is 0 Å². The summed E-state index contributed by atoms with van der Waals surface area (Å²) in [6.45, 7) is 2.90. The van der Waals surface area contributed by atoms with E-state index in [1.54, 1.807) is 36.5 Å². The van der Waals surface area contributed by atoms with E-state index in [1.165, 1.54) is 6.20 Å². The van der Waals surface area contributed by atoms with Crippen LogP contribution in [0.5, 0.6) is 0 Å². The molecule has 1 fully saturated rings. The average molecular weight is 947 g/mol. The molecule has 1 aliphatic carbocycles. The van der Waals surface area contributed by atoms with E-state index in [0.717, 1.165) is 69.1 Å². The van der Waals surface area contributed by atoms with Gasteiger partial charge in [-0.1, -0.05) is 124 Å². The minimum Gasteiger partial charge on any atom is -0.486 e. The molecule has 0 spiro atoms. The second-order valence-electron chi connectivity index (χ2n) is 15.0. The van der Waals surface area contributed by atoms with Gasteiger partial charge in [-0.3, -0.25) is 0 Å². The Hall–Kier alpha value is -5.22. The van der Waals surface area contributed by atoms with E-state index in [1.807, 2.05) is 107 Å². The van der Waals surface area contributed by atoms with Crippen molar-refractivity contribution in [2.75, 3.05) is 0 Å². The minimum atomic E-state index is -2.42. The summed E-state index contributed by atoms with van der Waals surface area (Å²) in [7, 11) is 0. The topological polar surface area (TPSA) is 51.8 Å². The molecule has 4 nitrogen and oxygen atoms in total. The fraction of sp³-hybridized carbons (Fsp3) is 0.264. The van der Waals surface area contributed by atoms with E-state index in [4.69, 9.17) is 24.0 Å². The van der Waals surface area contributed by atoms with Gasteiger partial charge in [0.15, 0.2) is 0 Å². The monoisotopic (exact) mass is 947 g/mol. The molecule has 9 rings (SSSR count). The number of furan rings is 1. The Morgan fingerprint density at radius 2 is 1.45 bits per heavy atom. The minimum absolute atomic E-state index is 0. The maximum Gasteiger partial charge on any atom is 0.216 e. The summed E-state index contributed by atoms with van der Waals surface area (Å²) in [6, 6.07) is 40.3. The van der Waals surface area contributed by atoms with Crippen molar-refractivity contribution in [1.82, 2.24) is 15.0 Å². The summed E-state index contributed by atoms with van der Waals surface area (Å²) in [5.41, 5.74) is 9.11. The van der Waals surface area contributed by atoms with E-state index >= 15 is 0 Å². The first kappa shape index (κ1) is 30.8. The van der Waals surface area contributed by atoms with Gasteiger partial charge in [-0.2, -0.15) is 0 Å². The molecule has 1 aliphatic rings. The zero-order valence-corrected chi connectivity index (χ0v) is 35.6. The van der Waals surface area contributed by atoms with E-state index in [0.29, 0.717) is 46.7 Å². The molecule has 8 aromatic rings. The van der Waals surface area contributed by atoms with Crippen molar-refractivity contribution < 1.29 is 36.9 Å². The van der Waals surface area contributed by atoms with Crippen LogP contribution in [0.1, 0.15) is 118 Å². The Labute approximate surface area is 370 Å². The average Bonchev–Trinajstić information content (AvgIpc) is 3.67. The van der Waals surface area contributed by atoms with Crippen LogP contribution in [0, 0.1) is 25.8 Å². The first-order valence-electron chi connectivity index (χ1n) is 24.1. The summed E-state index contributed by atoms with van der Waals surface area (Å²) in [4.78, 5) is 13.9. The summed E-state index contributed by atoms with van der Waals surface area (Å²) in [5, 5.41) is 1.57. The van der Waals surface area contributed by atoms with Gasteiger partial charge in [0.2, 0.25) is 5.71 Å². The Morgan fingerprint density at radius 3 is 2.12 bits per heavy atom. The number of aryl methyl sites for hydroxylation is 2. The van der Waals surface area contributed by atoms with Crippen LogP contribution in [0.3, 0.4) is 0 Å². The number of aromatic nitrogens is 3. The van der Waals surface area contributed by atoms with Gasteiger partial charge in [0.05, 0.1) is 11.3 Å². The molecule has 4 aromatic carbocycles. The zero-order chi connectivity index (χ0) is 47.2. The number of nitrogens with zero attached hydrogens (tertiary/aromatic N) is 3. The van der Waals surface area contributed by atoms with Crippen LogP contribution in [0.2, 0.25) is 0 Å². The standard InChI is InChI=1S/C41H41N2O.C12H10N.Ir/c1-25(2)34-22-30(28-13-8-6-9-14-28)23-35(26(3)4)39(34)37-20-19-32-31-17-12-18-33(40(31)44-41(32)43-37)38-21-27(5)36(24-42-38)29-15-10-7-11-16-29;1-10-7-8-12(13-9-10)11-5-3-2-4-6-11;/h6,8-9,12-14,17,19-26,29H,7,10-11,15-16H2,1-5H3;2-5,7-9H,1H3;/q2*-1;/i5D3,25D,26D,29D;1D3;. The Bertz CT molecular complexity index is 2970. The molecule has 0 saturated heterocycles. The van der Waals surface area contributed by atoms with E-state index < -0.39 is 31.4 Å². The summed E-state index contributed by atoms with van der Waals surface area (Å²) < 4.78 is 80.8. The molecule has 0 bridgehead atoms. The molecule has 1 radical (unpaired) electrons. The maximum atomic E-state index is 9.18. The van der Waals surface area contributed by atoms with Crippen LogP contribution in [0.4, 0.5) is 0 Å². The maximum absolute atomic E-state index is 9.18. The first-order chi connectivity index (χ1) is 31.1. The molecule has 1 saturated carbocycles. The summed E-state index contributed by atoms with van der Waals surface area (Å²) >= 11 is 0. The number of hydrogen-bond donors (Lipinski definition) is 0. The second kappa shape index (κ2) is 18.1. The zero-order valence-electron chi connectivity index (χ0n) is 42.2. The second-order valence-corrected chi connectivity index (χ2v) is 15.0. The largest absolute Gasteiger partial charge is 0.486 e. The molecular formula is C53H51IrN3O-2. The molecule has 0 aliphatic heterocycles. The number of rotatable bonds is 7. The van der Waals surface area contributed by atoms with Crippen molar-refractivity contribution in [3.8, 4) is 44.9 Å².